The van der Waals surface area contributed by atoms with Gasteiger partial charge in [-0.05, 0) is 65.1 Å². The Hall–Kier alpha value is -2.86. The molecule has 0 radical (unpaired) electrons. The van der Waals surface area contributed by atoms with E-state index in [1.54, 1.807) is 5.32 Å². The van der Waals surface area contributed by atoms with E-state index in [0.717, 1.165) is 46.9 Å². The lowest BCUT2D eigenvalue weighted by atomic mass is 9.92. The van der Waals surface area contributed by atoms with Crippen molar-refractivity contribution in [3.8, 4) is 0 Å². The lowest BCUT2D eigenvalue weighted by molar-refractivity contribution is -0.348. The van der Waals surface area contributed by atoms with E-state index in [0.29, 0.717) is 0 Å². The molecule has 0 saturated heterocycles. The molecule has 0 unspecified atom stereocenters. The largest absolute Gasteiger partial charge is 0.435 e. The normalized spacial score (nSPS) is 12.7. The smallest absolute Gasteiger partial charge is 0.320 e. The maximum absolute atomic E-state index is 15.1. The van der Waals surface area contributed by atoms with Gasteiger partial charge in [-0.3, -0.25) is 9.59 Å². The van der Waals surface area contributed by atoms with E-state index in [-0.39, 0.29) is 21.7 Å². The molecule has 4 nitrogen and oxygen atoms in total. The average Bonchev–Trinajstić information content (AvgIpc) is 2.85. The molecule has 226 valence electrons. The minimum Gasteiger partial charge on any atom is -0.320 e. The Balaban J connectivity index is 2.03. The number of rotatable bonds is 5. The van der Waals surface area contributed by atoms with Crippen LogP contribution < -0.4 is 10.6 Å². The zero-order chi connectivity index (χ0) is 32.0. The van der Waals surface area contributed by atoms with E-state index < -0.39 is 79.5 Å². The molecule has 42 heavy (non-hydrogen) atoms. The summed E-state index contributed by atoms with van der Waals surface area (Å²) in [5.74, 6) is -4.06. The monoisotopic (exact) mass is 764 g/mol. The highest BCUT2D eigenvalue weighted by molar-refractivity contribution is 14.1. The predicted molar refractivity (Wildman–Crippen MR) is 138 cm³/mol. The second kappa shape index (κ2) is 11.7. The molecule has 0 fully saturated rings. The molecule has 3 rings (SSSR count). The standard InChI is InChI=1S/C24H10Cl2F11IN2O2/c25-13-5-4-9(6-14(13)26)19(41)39-16-3-1-2-11(17(16)27)20(42)40-18-12(22(29,30)31)7-10(8-15(18)38)21(28,23(32,33)34)24(35,36)37/h1-8H,(H,39,41)(H,40,42). The third kappa shape index (κ3) is 6.54. The molecule has 0 bridgehead atoms. The third-order valence-electron chi connectivity index (χ3n) is 5.49. The van der Waals surface area contributed by atoms with Crippen molar-refractivity contribution in [2.24, 2.45) is 0 Å². The summed E-state index contributed by atoms with van der Waals surface area (Å²) in [5.41, 5.74) is -14.0. The zero-order valence-corrected chi connectivity index (χ0v) is 23.4. The van der Waals surface area contributed by atoms with E-state index >= 15 is 4.39 Å². The van der Waals surface area contributed by atoms with Crippen molar-refractivity contribution in [2.75, 3.05) is 10.6 Å². The van der Waals surface area contributed by atoms with Crippen LogP contribution in [0.3, 0.4) is 0 Å². The summed E-state index contributed by atoms with van der Waals surface area (Å²) in [6.45, 7) is 0. The van der Waals surface area contributed by atoms with E-state index in [2.05, 4.69) is 5.32 Å². The van der Waals surface area contributed by atoms with Gasteiger partial charge in [-0.1, -0.05) is 29.3 Å². The highest BCUT2D eigenvalue weighted by Gasteiger charge is 2.73. The van der Waals surface area contributed by atoms with Crippen LogP contribution >= 0.6 is 45.8 Å². The van der Waals surface area contributed by atoms with E-state index in [4.69, 9.17) is 23.2 Å². The fourth-order valence-corrected chi connectivity index (χ4v) is 4.52. The Morgan fingerprint density at radius 2 is 1.33 bits per heavy atom. The first-order chi connectivity index (χ1) is 19.1. The number of carbonyl (C=O) groups is 2. The molecule has 3 aromatic carbocycles. The number of halogens is 14. The van der Waals surface area contributed by atoms with Gasteiger partial charge >= 0.3 is 24.2 Å². The molecule has 0 spiro atoms. The van der Waals surface area contributed by atoms with Crippen molar-refractivity contribution in [2.45, 2.75) is 24.2 Å². The second-order valence-electron chi connectivity index (χ2n) is 8.24. The predicted octanol–water partition coefficient (Wildman–Crippen LogP) is 9.55. The number of hydrogen-bond acceptors (Lipinski definition) is 2. The Kier molecular flexibility index (Phi) is 9.35. The molecule has 0 aliphatic rings. The van der Waals surface area contributed by atoms with Gasteiger partial charge in [0.2, 0.25) is 0 Å². The lowest BCUT2D eigenvalue weighted by Gasteiger charge is -2.31. The minimum atomic E-state index is -6.71. The first-order valence-corrected chi connectivity index (χ1v) is 12.5. The number of benzene rings is 3. The number of hydrogen-bond donors (Lipinski definition) is 2. The van der Waals surface area contributed by atoms with Crippen molar-refractivity contribution in [1.82, 2.24) is 0 Å². The SMILES string of the molecule is O=C(Nc1cccc(C(=O)Nc2c(I)cc(C(F)(C(F)(F)F)C(F)(F)F)cc2C(F)(F)F)c1F)c1ccc(Cl)c(Cl)c1. The number of anilines is 2. The number of alkyl halides is 10. The number of carbonyl (C=O) groups excluding carboxylic acids is 2. The molecule has 18 heteroatoms. The van der Waals surface area contributed by atoms with Crippen molar-refractivity contribution < 1.29 is 57.9 Å². The average molecular weight is 765 g/mol. The maximum Gasteiger partial charge on any atom is 0.435 e. The molecule has 2 amide bonds. The van der Waals surface area contributed by atoms with Crippen LogP contribution in [0.5, 0.6) is 0 Å². The number of amides is 2. The van der Waals surface area contributed by atoms with E-state index in [1.165, 1.54) is 12.1 Å². The van der Waals surface area contributed by atoms with Gasteiger partial charge in [0.25, 0.3) is 11.8 Å². The van der Waals surface area contributed by atoms with Crippen LogP contribution in [0.15, 0.2) is 48.5 Å². The van der Waals surface area contributed by atoms with Gasteiger partial charge in [-0.25, -0.2) is 8.78 Å². The highest BCUT2D eigenvalue weighted by Crippen LogP contribution is 2.54. The van der Waals surface area contributed by atoms with Gasteiger partial charge in [-0.2, -0.15) is 39.5 Å². The second-order valence-corrected chi connectivity index (χ2v) is 10.2. The molecule has 3 aromatic rings. The topological polar surface area (TPSA) is 58.2 Å². The van der Waals surface area contributed by atoms with Gasteiger partial charge in [0.05, 0.1) is 32.5 Å². The summed E-state index contributed by atoms with van der Waals surface area (Å²) in [6, 6.07) is 5.39. The summed E-state index contributed by atoms with van der Waals surface area (Å²) < 4.78 is 149. The van der Waals surface area contributed by atoms with E-state index in [9.17, 15) is 53.5 Å². The quantitative estimate of drug-likeness (QED) is 0.201. The van der Waals surface area contributed by atoms with Gasteiger partial charge in [0, 0.05) is 14.7 Å². The van der Waals surface area contributed by atoms with Gasteiger partial charge < -0.3 is 10.6 Å². The Morgan fingerprint density at radius 3 is 1.86 bits per heavy atom. The molecule has 2 N–H and O–H groups in total. The van der Waals surface area contributed by atoms with Crippen LogP contribution in [0.25, 0.3) is 0 Å². The summed E-state index contributed by atoms with van der Waals surface area (Å²) in [6.07, 6.45) is -19.1. The van der Waals surface area contributed by atoms with Crippen molar-refractivity contribution >= 4 is 69.0 Å². The first kappa shape index (κ1) is 33.6. The maximum atomic E-state index is 15.1. The lowest BCUT2D eigenvalue weighted by Crippen LogP contribution is -2.50. The van der Waals surface area contributed by atoms with Crippen molar-refractivity contribution in [1.29, 1.82) is 0 Å². The third-order valence-corrected chi connectivity index (χ3v) is 7.08. The summed E-state index contributed by atoms with van der Waals surface area (Å²) in [7, 11) is 0. The van der Waals surface area contributed by atoms with Crippen LogP contribution in [-0.4, -0.2) is 24.2 Å². The summed E-state index contributed by atoms with van der Waals surface area (Å²) in [5, 5.41) is 3.75. The highest BCUT2D eigenvalue weighted by atomic mass is 127. The molecule has 0 atom stereocenters. The molecule has 0 aliphatic heterocycles. The fourth-order valence-electron chi connectivity index (χ4n) is 3.46. The van der Waals surface area contributed by atoms with Crippen LogP contribution in [-0.2, 0) is 11.8 Å². The molecular weight excluding hydrogens is 755 g/mol. The molecule has 0 saturated carbocycles. The Morgan fingerprint density at radius 1 is 0.738 bits per heavy atom. The summed E-state index contributed by atoms with van der Waals surface area (Å²) >= 11 is 12.4. The van der Waals surface area contributed by atoms with Crippen molar-refractivity contribution in [3.63, 3.8) is 0 Å². The number of nitrogens with one attached hydrogen (secondary N) is 2. The molecular formula is C24H10Cl2F11IN2O2. The van der Waals surface area contributed by atoms with Crippen molar-refractivity contribution in [3.05, 3.63) is 90.2 Å². The van der Waals surface area contributed by atoms with Gasteiger partial charge in [-0.15, -0.1) is 0 Å². The van der Waals surface area contributed by atoms with Crippen LogP contribution in [0.4, 0.5) is 59.7 Å². The van der Waals surface area contributed by atoms with Crippen LogP contribution in [0, 0.1) is 9.39 Å². The fraction of sp³-hybridized carbons (Fsp3) is 0.167. The van der Waals surface area contributed by atoms with Gasteiger partial charge in [0.1, 0.15) is 0 Å². The van der Waals surface area contributed by atoms with E-state index in [1.807, 2.05) is 0 Å². The first-order valence-electron chi connectivity index (χ1n) is 10.7. The zero-order valence-electron chi connectivity index (χ0n) is 19.7. The van der Waals surface area contributed by atoms with Gasteiger partial charge in [0.15, 0.2) is 5.82 Å². The molecule has 0 heterocycles. The molecule has 0 aromatic heterocycles. The summed E-state index contributed by atoms with van der Waals surface area (Å²) in [4.78, 5) is 25.2. The molecule has 0 aliphatic carbocycles. The Labute approximate surface area is 251 Å². The van der Waals surface area contributed by atoms with Crippen LogP contribution in [0.1, 0.15) is 31.8 Å². The minimum absolute atomic E-state index is 0.0329. The Bertz CT molecular complexity index is 1540. The van der Waals surface area contributed by atoms with Crippen LogP contribution in [0.2, 0.25) is 10.0 Å².